The highest BCUT2D eigenvalue weighted by Crippen LogP contribution is 2.33. The lowest BCUT2D eigenvalue weighted by Crippen LogP contribution is -2.45. The number of hydrogen-bond donors (Lipinski definition) is 1. The molecule has 0 aliphatic carbocycles. The Balaban J connectivity index is 1.50. The number of carbonyl (C=O) groups excluding carboxylic acids is 1. The van der Waals surface area contributed by atoms with Gasteiger partial charge >= 0.3 is 6.03 Å². The van der Waals surface area contributed by atoms with Crippen molar-refractivity contribution < 1.29 is 9.53 Å². The van der Waals surface area contributed by atoms with Gasteiger partial charge in [-0.2, -0.15) is 0 Å². The smallest absolute Gasteiger partial charge is 0.317 e. The van der Waals surface area contributed by atoms with Crippen LogP contribution in [0.4, 0.5) is 4.79 Å². The fourth-order valence-corrected chi connectivity index (χ4v) is 3.80. The zero-order valence-electron chi connectivity index (χ0n) is 15.0. The minimum absolute atomic E-state index is 0.0166. The van der Waals surface area contributed by atoms with Gasteiger partial charge in [-0.15, -0.1) is 0 Å². The first-order chi connectivity index (χ1) is 12.7. The molecule has 1 aliphatic heterocycles. The fourth-order valence-electron chi connectivity index (χ4n) is 3.59. The Bertz CT molecular complexity index is 715. The maximum absolute atomic E-state index is 12.4. The van der Waals surface area contributed by atoms with Gasteiger partial charge in [0.15, 0.2) is 0 Å². The van der Waals surface area contributed by atoms with E-state index in [4.69, 9.17) is 16.3 Å². The molecule has 4 nitrogen and oxygen atoms in total. The molecule has 3 rings (SSSR count). The highest BCUT2D eigenvalue weighted by Gasteiger charge is 2.29. The minimum Gasteiger partial charge on any atom is -0.376 e. The van der Waals surface area contributed by atoms with E-state index in [1.807, 2.05) is 47.4 Å². The third kappa shape index (κ3) is 4.77. The summed E-state index contributed by atoms with van der Waals surface area (Å²) in [5, 5.41) is 3.67. The van der Waals surface area contributed by atoms with Crippen molar-refractivity contribution in [2.75, 3.05) is 20.2 Å². The lowest BCUT2D eigenvalue weighted by Gasteiger charge is -2.35. The molecule has 1 fully saturated rings. The third-order valence-corrected chi connectivity index (χ3v) is 5.20. The van der Waals surface area contributed by atoms with E-state index in [0.29, 0.717) is 17.5 Å². The summed E-state index contributed by atoms with van der Waals surface area (Å²) in [6.45, 7) is 1.99. The molecule has 2 aromatic rings. The monoisotopic (exact) mass is 372 g/mol. The molecule has 26 heavy (non-hydrogen) atoms. The highest BCUT2D eigenvalue weighted by atomic mass is 35.5. The van der Waals surface area contributed by atoms with Crippen molar-refractivity contribution in [2.24, 2.45) is 5.92 Å². The van der Waals surface area contributed by atoms with Gasteiger partial charge in [0.25, 0.3) is 0 Å². The van der Waals surface area contributed by atoms with Gasteiger partial charge in [0.1, 0.15) is 0 Å². The van der Waals surface area contributed by atoms with Crippen molar-refractivity contribution in [3.05, 3.63) is 70.7 Å². The van der Waals surface area contributed by atoms with Crippen LogP contribution < -0.4 is 5.32 Å². The maximum Gasteiger partial charge on any atom is 0.317 e. The molecule has 1 atom stereocenters. The predicted octanol–water partition coefficient (Wildman–Crippen LogP) is 4.65. The number of halogens is 1. The summed E-state index contributed by atoms with van der Waals surface area (Å²) in [5.41, 5.74) is 2.21. The Morgan fingerprint density at radius 2 is 1.92 bits per heavy atom. The van der Waals surface area contributed by atoms with Gasteiger partial charge in [0.05, 0.1) is 6.10 Å². The van der Waals surface area contributed by atoms with E-state index in [0.717, 1.165) is 31.5 Å². The van der Waals surface area contributed by atoms with Crippen LogP contribution in [0.15, 0.2) is 54.6 Å². The second kappa shape index (κ2) is 9.06. The minimum atomic E-state index is -0.0166. The first-order valence-electron chi connectivity index (χ1n) is 9.02. The van der Waals surface area contributed by atoms with Gasteiger partial charge in [-0.25, -0.2) is 4.79 Å². The molecule has 1 saturated heterocycles. The van der Waals surface area contributed by atoms with Crippen molar-refractivity contribution in [1.82, 2.24) is 10.2 Å². The van der Waals surface area contributed by atoms with E-state index in [9.17, 15) is 4.79 Å². The van der Waals surface area contributed by atoms with Crippen LogP contribution in [0.25, 0.3) is 0 Å². The van der Waals surface area contributed by atoms with E-state index >= 15 is 0 Å². The van der Waals surface area contributed by atoms with Gasteiger partial charge < -0.3 is 15.0 Å². The highest BCUT2D eigenvalue weighted by molar-refractivity contribution is 6.30. The topological polar surface area (TPSA) is 41.6 Å². The molecule has 0 radical (unpaired) electrons. The molecule has 138 valence electrons. The summed E-state index contributed by atoms with van der Waals surface area (Å²) in [4.78, 5) is 14.3. The summed E-state index contributed by atoms with van der Waals surface area (Å²) in [5.74, 6) is 0.430. The first kappa shape index (κ1) is 18.7. The molecule has 1 heterocycles. The van der Waals surface area contributed by atoms with Gasteiger partial charge in [-0.3, -0.25) is 0 Å². The number of urea groups is 1. The van der Waals surface area contributed by atoms with Crippen LogP contribution in [0.5, 0.6) is 0 Å². The Kier molecular flexibility index (Phi) is 6.53. The second-order valence-electron chi connectivity index (χ2n) is 6.68. The van der Waals surface area contributed by atoms with Crippen LogP contribution >= 0.6 is 11.6 Å². The molecular weight excluding hydrogens is 348 g/mol. The van der Waals surface area contributed by atoms with Crippen molar-refractivity contribution >= 4 is 17.6 Å². The van der Waals surface area contributed by atoms with Gasteiger partial charge in [0, 0.05) is 31.8 Å². The molecule has 1 aliphatic rings. The van der Waals surface area contributed by atoms with Crippen LogP contribution in [0.2, 0.25) is 5.02 Å². The lowest BCUT2D eigenvalue weighted by atomic mass is 9.87. The zero-order chi connectivity index (χ0) is 18.4. The van der Waals surface area contributed by atoms with Crippen molar-refractivity contribution in [3.63, 3.8) is 0 Å². The summed E-state index contributed by atoms with van der Waals surface area (Å²) in [6, 6.07) is 17.9. The lowest BCUT2D eigenvalue weighted by molar-refractivity contribution is 0.0255. The predicted molar refractivity (Wildman–Crippen MR) is 104 cm³/mol. The molecule has 1 unspecified atom stereocenters. The average Bonchev–Trinajstić information content (AvgIpc) is 2.68. The molecule has 1 N–H and O–H groups in total. The number of piperidine rings is 1. The first-order valence-corrected chi connectivity index (χ1v) is 9.40. The number of nitrogens with zero attached hydrogens (tertiary/aromatic N) is 1. The number of hydrogen-bond acceptors (Lipinski definition) is 2. The molecule has 0 bridgehead atoms. The van der Waals surface area contributed by atoms with Crippen molar-refractivity contribution in [2.45, 2.75) is 25.5 Å². The quantitative estimate of drug-likeness (QED) is 0.830. The molecule has 2 amide bonds. The SMILES string of the molecule is COC(c1ccccc1)C1CCN(C(=O)NCc2cccc(Cl)c2)CC1. The van der Waals surface area contributed by atoms with E-state index in [1.165, 1.54) is 5.56 Å². The zero-order valence-corrected chi connectivity index (χ0v) is 15.8. The number of methoxy groups -OCH3 is 1. The molecule has 5 heteroatoms. The van der Waals surface area contributed by atoms with Gasteiger partial charge in [0.2, 0.25) is 0 Å². The number of ether oxygens (including phenoxy) is 1. The number of rotatable bonds is 5. The van der Waals surface area contributed by atoms with Crippen LogP contribution in [-0.2, 0) is 11.3 Å². The summed E-state index contributed by atoms with van der Waals surface area (Å²) in [6.07, 6.45) is 1.98. The number of nitrogens with one attached hydrogen (secondary N) is 1. The normalized spacial score (nSPS) is 16.3. The summed E-state index contributed by atoms with van der Waals surface area (Å²) < 4.78 is 5.76. The van der Waals surface area contributed by atoms with E-state index in [-0.39, 0.29) is 12.1 Å². The number of likely N-dealkylation sites (tertiary alicyclic amines) is 1. The Labute approximate surface area is 160 Å². The van der Waals surface area contributed by atoms with Gasteiger partial charge in [-0.1, -0.05) is 54.1 Å². The van der Waals surface area contributed by atoms with Crippen LogP contribution in [0, 0.1) is 5.92 Å². The van der Waals surface area contributed by atoms with E-state index in [1.54, 1.807) is 7.11 Å². The average molecular weight is 373 g/mol. The van der Waals surface area contributed by atoms with Gasteiger partial charge in [-0.05, 0) is 42.0 Å². The standard InChI is InChI=1S/C21H25ClN2O2/c1-26-20(17-7-3-2-4-8-17)18-10-12-24(13-11-18)21(25)23-15-16-6-5-9-19(22)14-16/h2-9,14,18,20H,10-13,15H2,1H3,(H,23,25). The largest absolute Gasteiger partial charge is 0.376 e. The molecule has 0 spiro atoms. The molecule has 0 saturated carbocycles. The third-order valence-electron chi connectivity index (χ3n) is 4.97. The van der Waals surface area contributed by atoms with Crippen molar-refractivity contribution in [1.29, 1.82) is 0 Å². The molecule has 0 aromatic heterocycles. The Morgan fingerprint density at radius 3 is 2.58 bits per heavy atom. The van der Waals surface area contributed by atoms with E-state index in [2.05, 4.69) is 17.4 Å². The Morgan fingerprint density at radius 1 is 1.19 bits per heavy atom. The van der Waals surface area contributed by atoms with Crippen LogP contribution in [-0.4, -0.2) is 31.1 Å². The van der Waals surface area contributed by atoms with Crippen molar-refractivity contribution in [3.8, 4) is 0 Å². The number of amides is 2. The maximum atomic E-state index is 12.4. The Hall–Kier alpha value is -2.04. The summed E-state index contributed by atoms with van der Waals surface area (Å²) >= 11 is 5.98. The number of carbonyl (C=O) groups is 1. The molecule has 2 aromatic carbocycles. The van der Waals surface area contributed by atoms with Crippen LogP contribution in [0.1, 0.15) is 30.1 Å². The van der Waals surface area contributed by atoms with E-state index < -0.39 is 0 Å². The second-order valence-corrected chi connectivity index (χ2v) is 7.12. The summed E-state index contributed by atoms with van der Waals surface area (Å²) in [7, 11) is 1.77. The van der Waals surface area contributed by atoms with Crippen LogP contribution in [0.3, 0.4) is 0 Å². The fraction of sp³-hybridized carbons (Fsp3) is 0.381. The number of benzene rings is 2. The molecular formula is C21H25ClN2O2.